The van der Waals surface area contributed by atoms with E-state index in [9.17, 15) is 13.2 Å². The van der Waals surface area contributed by atoms with Gasteiger partial charge in [0.15, 0.2) is 0 Å². The van der Waals surface area contributed by atoms with Crippen molar-refractivity contribution in [1.29, 1.82) is 0 Å². The first-order valence-corrected chi connectivity index (χ1v) is 10.5. The Balaban J connectivity index is 1.99. The lowest BCUT2D eigenvalue weighted by Crippen LogP contribution is -2.41. The summed E-state index contributed by atoms with van der Waals surface area (Å²) >= 11 is 0. The van der Waals surface area contributed by atoms with Crippen LogP contribution in [0.4, 0.5) is 4.79 Å². The van der Waals surface area contributed by atoms with E-state index in [2.05, 4.69) is 10.6 Å². The zero-order chi connectivity index (χ0) is 18.4. The van der Waals surface area contributed by atoms with Gasteiger partial charge >= 0.3 is 6.03 Å². The standard InChI is InChI=1S/C18H29N3O3S/c1-4-21(5-2)25(23,24)17-12-10-15(11-13-17)14(3)19-18(22)20-16-8-6-7-9-16/h10-14,16H,4-9H2,1-3H3,(H2,19,20,22). The summed E-state index contributed by atoms with van der Waals surface area (Å²) < 4.78 is 26.4. The molecule has 2 amide bonds. The van der Waals surface area contributed by atoms with Gasteiger partial charge in [-0.15, -0.1) is 0 Å². The number of carbonyl (C=O) groups excluding carboxylic acids is 1. The van der Waals surface area contributed by atoms with Gasteiger partial charge in [0.05, 0.1) is 10.9 Å². The summed E-state index contributed by atoms with van der Waals surface area (Å²) in [6.45, 7) is 6.43. The third-order valence-electron chi connectivity index (χ3n) is 4.76. The molecular weight excluding hydrogens is 338 g/mol. The Kier molecular flexibility index (Phi) is 6.84. The molecule has 0 aromatic heterocycles. The number of amides is 2. The maximum Gasteiger partial charge on any atom is 0.315 e. The fraction of sp³-hybridized carbons (Fsp3) is 0.611. The van der Waals surface area contributed by atoms with E-state index in [1.807, 2.05) is 20.8 Å². The fourth-order valence-electron chi connectivity index (χ4n) is 3.22. The molecule has 0 bridgehead atoms. The molecular formula is C18H29N3O3S. The summed E-state index contributed by atoms with van der Waals surface area (Å²) in [4.78, 5) is 12.3. The molecule has 1 aliphatic rings. The van der Waals surface area contributed by atoms with Gasteiger partial charge in [-0.25, -0.2) is 13.2 Å². The molecule has 25 heavy (non-hydrogen) atoms. The van der Waals surface area contributed by atoms with E-state index in [-0.39, 0.29) is 23.0 Å². The normalized spacial score (nSPS) is 16.8. The number of hydrogen-bond donors (Lipinski definition) is 2. The van der Waals surface area contributed by atoms with Crippen LogP contribution in [0.15, 0.2) is 29.2 Å². The summed E-state index contributed by atoms with van der Waals surface area (Å²) in [6, 6.07) is 6.65. The molecule has 1 aromatic carbocycles. The van der Waals surface area contributed by atoms with Crippen molar-refractivity contribution in [2.45, 2.75) is 63.4 Å². The minimum Gasteiger partial charge on any atom is -0.335 e. The Labute approximate surface area is 151 Å². The molecule has 0 aliphatic heterocycles. The Morgan fingerprint density at radius 3 is 2.24 bits per heavy atom. The Hall–Kier alpha value is -1.60. The zero-order valence-corrected chi connectivity index (χ0v) is 16.1. The van der Waals surface area contributed by atoms with Crippen LogP contribution in [-0.4, -0.2) is 37.9 Å². The third-order valence-corrected chi connectivity index (χ3v) is 6.83. The van der Waals surface area contributed by atoms with E-state index < -0.39 is 10.0 Å². The number of rotatable bonds is 7. The Morgan fingerprint density at radius 1 is 1.16 bits per heavy atom. The number of urea groups is 1. The SMILES string of the molecule is CCN(CC)S(=O)(=O)c1ccc(C(C)NC(=O)NC2CCCC2)cc1. The van der Waals surface area contributed by atoms with Gasteiger partial charge in [0.2, 0.25) is 10.0 Å². The van der Waals surface area contributed by atoms with E-state index in [0.717, 1.165) is 18.4 Å². The maximum atomic E-state index is 12.5. The molecule has 1 unspecified atom stereocenters. The summed E-state index contributed by atoms with van der Waals surface area (Å²) in [5, 5.41) is 5.91. The monoisotopic (exact) mass is 367 g/mol. The Bertz CT molecular complexity index is 663. The minimum absolute atomic E-state index is 0.167. The molecule has 1 aliphatic carbocycles. The molecule has 7 heteroatoms. The average molecular weight is 368 g/mol. The minimum atomic E-state index is -3.45. The van der Waals surface area contributed by atoms with Gasteiger partial charge in [-0.1, -0.05) is 38.8 Å². The lowest BCUT2D eigenvalue weighted by Gasteiger charge is -2.20. The molecule has 0 radical (unpaired) electrons. The van der Waals surface area contributed by atoms with Gasteiger partial charge in [-0.05, 0) is 37.5 Å². The molecule has 1 fully saturated rings. The van der Waals surface area contributed by atoms with E-state index in [1.54, 1.807) is 24.3 Å². The third kappa shape index (κ3) is 4.95. The van der Waals surface area contributed by atoms with Crippen LogP contribution in [0.2, 0.25) is 0 Å². The summed E-state index contributed by atoms with van der Waals surface area (Å²) in [7, 11) is -3.45. The topological polar surface area (TPSA) is 78.5 Å². The van der Waals surface area contributed by atoms with E-state index in [0.29, 0.717) is 13.1 Å². The molecule has 1 aromatic rings. The molecule has 0 saturated heterocycles. The molecule has 0 spiro atoms. The first kappa shape index (κ1) is 19.7. The van der Waals surface area contributed by atoms with Crippen molar-refractivity contribution in [1.82, 2.24) is 14.9 Å². The highest BCUT2D eigenvalue weighted by Gasteiger charge is 2.22. The van der Waals surface area contributed by atoms with Gasteiger partial charge in [0, 0.05) is 19.1 Å². The molecule has 1 saturated carbocycles. The van der Waals surface area contributed by atoms with E-state index >= 15 is 0 Å². The van der Waals surface area contributed by atoms with Gasteiger partial charge < -0.3 is 10.6 Å². The van der Waals surface area contributed by atoms with Crippen molar-refractivity contribution in [3.05, 3.63) is 29.8 Å². The number of carbonyl (C=O) groups is 1. The molecule has 2 N–H and O–H groups in total. The smallest absolute Gasteiger partial charge is 0.315 e. The quantitative estimate of drug-likeness (QED) is 0.777. The van der Waals surface area contributed by atoms with Crippen LogP contribution in [-0.2, 0) is 10.0 Å². The summed E-state index contributed by atoms with van der Waals surface area (Å²) in [5.41, 5.74) is 0.875. The van der Waals surface area contributed by atoms with Gasteiger partial charge in [-0.3, -0.25) is 0 Å². The van der Waals surface area contributed by atoms with Crippen LogP contribution in [0.3, 0.4) is 0 Å². The number of nitrogens with one attached hydrogen (secondary N) is 2. The van der Waals surface area contributed by atoms with Crippen LogP contribution in [0.1, 0.15) is 58.1 Å². The van der Waals surface area contributed by atoms with Crippen LogP contribution < -0.4 is 10.6 Å². The second-order valence-corrected chi connectivity index (χ2v) is 8.42. The Morgan fingerprint density at radius 2 is 1.72 bits per heavy atom. The molecule has 1 atom stereocenters. The van der Waals surface area contributed by atoms with E-state index in [4.69, 9.17) is 0 Å². The van der Waals surface area contributed by atoms with Gasteiger partial charge in [0.1, 0.15) is 0 Å². The number of nitrogens with zero attached hydrogens (tertiary/aromatic N) is 1. The van der Waals surface area contributed by atoms with Gasteiger partial charge in [0.25, 0.3) is 0 Å². The number of benzene rings is 1. The van der Waals surface area contributed by atoms with Crippen LogP contribution in [0.5, 0.6) is 0 Å². The largest absolute Gasteiger partial charge is 0.335 e. The fourth-order valence-corrected chi connectivity index (χ4v) is 4.68. The van der Waals surface area contributed by atoms with Gasteiger partial charge in [-0.2, -0.15) is 4.31 Å². The second-order valence-electron chi connectivity index (χ2n) is 6.48. The first-order valence-electron chi connectivity index (χ1n) is 9.05. The maximum absolute atomic E-state index is 12.5. The van der Waals surface area contributed by atoms with Crippen LogP contribution >= 0.6 is 0 Å². The highest BCUT2D eigenvalue weighted by atomic mass is 32.2. The first-order chi connectivity index (χ1) is 11.9. The number of sulfonamides is 1. The van der Waals surface area contributed by atoms with Crippen molar-refractivity contribution in [2.75, 3.05) is 13.1 Å². The van der Waals surface area contributed by atoms with E-state index in [1.165, 1.54) is 17.1 Å². The van der Waals surface area contributed by atoms with Crippen molar-refractivity contribution in [2.24, 2.45) is 0 Å². The van der Waals surface area contributed by atoms with Crippen molar-refractivity contribution < 1.29 is 13.2 Å². The molecule has 140 valence electrons. The lowest BCUT2D eigenvalue weighted by atomic mass is 10.1. The predicted octanol–water partition coefficient (Wildman–Crippen LogP) is 3.02. The van der Waals surface area contributed by atoms with Crippen molar-refractivity contribution >= 4 is 16.1 Å². The molecule has 2 rings (SSSR count). The van der Waals surface area contributed by atoms with Crippen molar-refractivity contribution in [3.8, 4) is 0 Å². The summed E-state index contributed by atoms with van der Waals surface area (Å²) in [6.07, 6.45) is 4.42. The zero-order valence-electron chi connectivity index (χ0n) is 15.3. The highest BCUT2D eigenvalue weighted by molar-refractivity contribution is 7.89. The highest BCUT2D eigenvalue weighted by Crippen LogP contribution is 2.20. The lowest BCUT2D eigenvalue weighted by molar-refractivity contribution is 0.234. The molecule has 0 heterocycles. The average Bonchev–Trinajstić information content (AvgIpc) is 3.08. The predicted molar refractivity (Wildman–Crippen MR) is 98.9 cm³/mol. The van der Waals surface area contributed by atoms with Crippen LogP contribution in [0, 0.1) is 0 Å². The van der Waals surface area contributed by atoms with Crippen molar-refractivity contribution in [3.63, 3.8) is 0 Å². The van der Waals surface area contributed by atoms with Crippen LogP contribution in [0.25, 0.3) is 0 Å². The second kappa shape index (κ2) is 8.67. The summed E-state index contributed by atoms with van der Waals surface area (Å²) in [5.74, 6) is 0. The molecule has 6 nitrogen and oxygen atoms in total. The number of hydrogen-bond acceptors (Lipinski definition) is 3.